The summed E-state index contributed by atoms with van der Waals surface area (Å²) in [5.74, 6) is 4.82. The molecule has 0 aromatic heterocycles. The van der Waals surface area contributed by atoms with E-state index in [-0.39, 0.29) is 5.91 Å². The molecule has 1 amide bonds. The normalized spacial score (nSPS) is 9.61. The molecule has 0 atom stereocenters. The van der Waals surface area contributed by atoms with Gasteiger partial charge >= 0.3 is 0 Å². The molecule has 0 saturated heterocycles. The van der Waals surface area contributed by atoms with Crippen LogP contribution >= 0.6 is 0 Å². The number of nitrogens with one attached hydrogen (secondary N) is 1. The molecule has 3 nitrogen and oxygen atoms in total. The Labute approximate surface area is 109 Å². The van der Waals surface area contributed by atoms with Crippen LogP contribution in [-0.4, -0.2) is 19.0 Å². The first-order valence-electron chi connectivity index (χ1n) is 6.07. The minimum Gasteiger partial charge on any atom is -0.372 e. The van der Waals surface area contributed by atoms with E-state index in [2.05, 4.69) is 49.0 Å². The molecule has 0 aliphatic rings. The lowest BCUT2D eigenvalue weighted by molar-refractivity contribution is -0.115. The number of para-hydroxylation sites is 1. The Hall–Kier alpha value is -1.95. The van der Waals surface area contributed by atoms with Gasteiger partial charge in [0, 0.05) is 25.3 Å². The van der Waals surface area contributed by atoms with Gasteiger partial charge in [-0.25, -0.2) is 0 Å². The van der Waals surface area contributed by atoms with Gasteiger partial charge in [0.2, 0.25) is 0 Å². The average Bonchev–Trinajstić information content (AvgIpc) is 2.36. The van der Waals surface area contributed by atoms with Gasteiger partial charge in [-0.2, -0.15) is 0 Å². The van der Waals surface area contributed by atoms with Crippen LogP contribution in [0.4, 0.5) is 5.69 Å². The van der Waals surface area contributed by atoms with Gasteiger partial charge in [-0.15, -0.1) is 0 Å². The van der Waals surface area contributed by atoms with Gasteiger partial charge in [-0.05, 0) is 38.3 Å². The molecule has 3 heteroatoms. The van der Waals surface area contributed by atoms with Crippen molar-refractivity contribution in [3.63, 3.8) is 0 Å². The number of carbonyl (C=O) groups is 1. The topological polar surface area (TPSA) is 32.3 Å². The van der Waals surface area contributed by atoms with E-state index < -0.39 is 0 Å². The number of nitrogens with zero attached hydrogens (tertiary/aromatic N) is 1. The Balaban J connectivity index is 2.81. The maximum Gasteiger partial charge on any atom is 0.296 e. The van der Waals surface area contributed by atoms with Crippen molar-refractivity contribution in [3.8, 4) is 11.8 Å². The van der Waals surface area contributed by atoms with Gasteiger partial charge < -0.3 is 10.2 Å². The highest BCUT2D eigenvalue weighted by atomic mass is 16.1. The van der Waals surface area contributed by atoms with Gasteiger partial charge in [0.15, 0.2) is 0 Å². The first-order chi connectivity index (χ1) is 8.56. The van der Waals surface area contributed by atoms with Crippen LogP contribution in [0.2, 0.25) is 0 Å². The van der Waals surface area contributed by atoms with Gasteiger partial charge in [0.1, 0.15) is 0 Å². The van der Waals surface area contributed by atoms with E-state index in [0.717, 1.165) is 11.3 Å². The molecule has 0 aliphatic heterocycles. The van der Waals surface area contributed by atoms with Crippen LogP contribution in [0, 0.1) is 11.8 Å². The predicted molar refractivity (Wildman–Crippen MR) is 75.3 cm³/mol. The van der Waals surface area contributed by atoms with Gasteiger partial charge in [0.25, 0.3) is 5.91 Å². The average molecular weight is 244 g/mol. The lowest BCUT2D eigenvalue weighted by Crippen LogP contribution is -2.28. The molecule has 0 spiro atoms. The second-order valence-electron chi connectivity index (χ2n) is 4.39. The second-order valence-corrected chi connectivity index (χ2v) is 4.39. The van der Waals surface area contributed by atoms with E-state index in [1.54, 1.807) is 6.92 Å². The Kier molecular flexibility index (Phi) is 5.26. The molecule has 0 unspecified atom stereocenters. The number of amides is 1. The van der Waals surface area contributed by atoms with Crippen molar-refractivity contribution < 1.29 is 4.79 Å². The standard InChI is InChI=1S/C15H20N2O/c1-5-8-15(18)16-11-13-9-6-7-10-14(13)17(4)12(2)3/h6-7,9-10,12H,11H2,1-4H3,(H,16,18). The monoisotopic (exact) mass is 244 g/mol. The van der Waals surface area contributed by atoms with Crippen molar-refractivity contribution in [1.29, 1.82) is 0 Å². The van der Waals surface area contributed by atoms with E-state index in [9.17, 15) is 4.79 Å². The van der Waals surface area contributed by atoms with E-state index >= 15 is 0 Å². The number of hydrogen-bond acceptors (Lipinski definition) is 2. The fourth-order valence-electron chi connectivity index (χ4n) is 1.62. The number of benzene rings is 1. The SMILES string of the molecule is CC#CC(=O)NCc1ccccc1N(C)C(C)C. The molecular weight excluding hydrogens is 224 g/mol. The van der Waals surface area contributed by atoms with Crippen LogP contribution in [0.15, 0.2) is 24.3 Å². The highest BCUT2D eigenvalue weighted by Gasteiger charge is 2.09. The molecule has 1 rings (SSSR count). The molecule has 0 fully saturated rings. The number of anilines is 1. The first kappa shape index (κ1) is 14.1. The number of rotatable bonds is 4. The van der Waals surface area contributed by atoms with Crippen molar-refractivity contribution in [2.75, 3.05) is 11.9 Å². The van der Waals surface area contributed by atoms with Gasteiger partial charge in [-0.1, -0.05) is 24.1 Å². The van der Waals surface area contributed by atoms with Crippen LogP contribution in [0.3, 0.4) is 0 Å². The summed E-state index contributed by atoms with van der Waals surface area (Å²) in [6.07, 6.45) is 0. The van der Waals surface area contributed by atoms with Gasteiger partial charge in [0.05, 0.1) is 0 Å². The van der Waals surface area contributed by atoms with Crippen LogP contribution in [0.5, 0.6) is 0 Å². The third-order valence-corrected chi connectivity index (χ3v) is 2.82. The lowest BCUT2D eigenvalue weighted by atomic mass is 10.1. The molecule has 96 valence electrons. The summed E-state index contributed by atoms with van der Waals surface area (Å²) >= 11 is 0. The summed E-state index contributed by atoms with van der Waals surface area (Å²) < 4.78 is 0. The van der Waals surface area contributed by atoms with Crippen LogP contribution in [-0.2, 0) is 11.3 Å². The molecule has 1 aromatic rings. The summed E-state index contributed by atoms with van der Waals surface area (Å²) in [6, 6.07) is 8.48. The minimum atomic E-state index is -0.237. The maximum absolute atomic E-state index is 11.3. The highest BCUT2D eigenvalue weighted by molar-refractivity contribution is 5.93. The number of carbonyl (C=O) groups excluding carboxylic acids is 1. The van der Waals surface area contributed by atoms with Crippen LogP contribution in [0.1, 0.15) is 26.3 Å². The number of hydrogen-bond donors (Lipinski definition) is 1. The highest BCUT2D eigenvalue weighted by Crippen LogP contribution is 2.20. The quantitative estimate of drug-likeness (QED) is 0.823. The Bertz CT molecular complexity index is 469. The second kappa shape index (κ2) is 6.70. The molecule has 1 aromatic carbocycles. The van der Waals surface area contributed by atoms with Gasteiger partial charge in [-0.3, -0.25) is 4.79 Å². The molecule has 18 heavy (non-hydrogen) atoms. The van der Waals surface area contributed by atoms with Crippen LogP contribution < -0.4 is 10.2 Å². The molecular formula is C15H20N2O. The molecule has 0 aliphatic carbocycles. The molecule has 0 bridgehead atoms. The molecule has 0 saturated carbocycles. The Morgan fingerprint density at radius 3 is 2.67 bits per heavy atom. The zero-order valence-corrected chi connectivity index (χ0v) is 11.4. The summed E-state index contributed by atoms with van der Waals surface area (Å²) in [5.41, 5.74) is 2.23. The van der Waals surface area contributed by atoms with Crippen molar-refractivity contribution >= 4 is 11.6 Å². The van der Waals surface area contributed by atoms with Crippen LogP contribution in [0.25, 0.3) is 0 Å². The minimum absolute atomic E-state index is 0.237. The van der Waals surface area contributed by atoms with Crippen molar-refractivity contribution in [2.24, 2.45) is 0 Å². The van der Waals surface area contributed by atoms with E-state index in [0.29, 0.717) is 12.6 Å². The summed E-state index contributed by atoms with van der Waals surface area (Å²) in [7, 11) is 2.05. The van der Waals surface area contributed by atoms with Crippen molar-refractivity contribution in [1.82, 2.24) is 5.32 Å². The molecule has 0 heterocycles. The van der Waals surface area contributed by atoms with E-state index in [4.69, 9.17) is 0 Å². The maximum atomic E-state index is 11.3. The Morgan fingerprint density at radius 2 is 2.06 bits per heavy atom. The van der Waals surface area contributed by atoms with Crippen molar-refractivity contribution in [2.45, 2.75) is 33.4 Å². The third kappa shape index (κ3) is 3.81. The predicted octanol–water partition coefficient (Wildman–Crippen LogP) is 2.17. The zero-order chi connectivity index (χ0) is 13.5. The van der Waals surface area contributed by atoms with E-state index in [1.165, 1.54) is 0 Å². The molecule has 0 radical (unpaired) electrons. The van der Waals surface area contributed by atoms with E-state index in [1.807, 2.05) is 18.2 Å². The fourth-order valence-corrected chi connectivity index (χ4v) is 1.62. The smallest absolute Gasteiger partial charge is 0.296 e. The first-order valence-corrected chi connectivity index (χ1v) is 6.07. The Morgan fingerprint density at radius 1 is 1.39 bits per heavy atom. The third-order valence-electron chi connectivity index (χ3n) is 2.82. The summed E-state index contributed by atoms with van der Waals surface area (Å²) in [4.78, 5) is 13.5. The fraction of sp³-hybridized carbons (Fsp3) is 0.400. The van der Waals surface area contributed by atoms with Crippen molar-refractivity contribution in [3.05, 3.63) is 29.8 Å². The summed E-state index contributed by atoms with van der Waals surface area (Å²) in [5, 5.41) is 2.79. The zero-order valence-electron chi connectivity index (χ0n) is 11.4. The lowest BCUT2D eigenvalue weighted by Gasteiger charge is -2.26. The largest absolute Gasteiger partial charge is 0.372 e. The summed E-state index contributed by atoms with van der Waals surface area (Å²) in [6.45, 7) is 6.43. The molecule has 1 N–H and O–H groups in total.